The number of ether oxygens (including phenoxy) is 1. The predicted octanol–water partition coefficient (Wildman–Crippen LogP) is 10.6. The van der Waals surface area contributed by atoms with Gasteiger partial charge in [-0.2, -0.15) is 0 Å². The van der Waals surface area contributed by atoms with E-state index in [0.29, 0.717) is 37.6 Å². The molecule has 0 spiro atoms. The standard InChI is InChI=1S/C53H70N4O6/c1-29(2)43-38(58)25-53(26-42(59)55-27-31-12-15-36-37(23-31)57-45(56-36)32-13-11-30(3)54-28-32)22-21-51(9)33(44(43)53)14-16-40-50(8)19-18-41(49(6,7)39(50)17-20-52(40,51)10)63-47(62)35-24-34(46(60)61)48(35,4)5/h11-13,15,23,28-29,33-35,39-41H,14,16-22,24-27H2,1-10H3,(H,55,59)(H,56,57)(H,60,61)/t33-,34+,35-,39+,40-,41+,50+,51-,52-,53+/m1/s1. The lowest BCUT2D eigenvalue weighted by Gasteiger charge is -2.72. The molecule has 0 aliphatic heterocycles. The Morgan fingerprint density at radius 1 is 0.889 bits per heavy atom. The van der Waals surface area contributed by atoms with Crippen LogP contribution in [0.25, 0.3) is 22.4 Å². The van der Waals surface area contributed by atoms with E-state index in [0.717, 1.165) is 90.6 Å². The summed E-state index contributed by atoms with van der Waals surface area (Å²) in [6, 6.07) is 10.1. The van der Waals surface area contributed by atoms with Crippen LogP contribution in [0.5, 0.6) is 0 Å². The van der Waals surface area contributed by atoms with Crippen LogP contribution in [0.1, 0.15) is 144 Å². The molecule has 1 aromatic carbocycles. The number of allylic oxidation sites excluding steroid dienone is 2. The molecule has 0 saturated heterocycles. The second-order valence-electron chi connectivity index (χ2n) is 23.3. The molecule has 10 nitrogen and oxygen atoms in total. The molecule has 9 rings (SSSR count). The lowest BCUT2D eigenvalue weighted by atomic mass is 9.33. The molecule has 2 heterocycles. The van der Waals surface area contributed by atoms with E-state index in [9.17, 15) is 24.3 Å². The van der Waals surface area contributed by atoms with Crippen molar-refractivity contribution in [3.05, 3.63) is 58.9 Å². The molecule has 63 heavy (non-hydrogen) atoms. The number of carbonyl (C=O) groups is 4. The van der Waals surface area contributed by atoms with Gasteiger partial charge in [-0.15, -0.1) is 0 Å². The van der Waals surface area contributed by atoms with Gasteiger partial charge in [0.2, 0.25) is 5.91 Å². The highest BCUT2D eigenvalue weighted by atomic mass is 16.5. The number of aromatic nitrogens is 3. The number of carboxylic acid groups (broad SMARTS) is 1. The van der Waals surface area contributed by atoms with Gasteiger partial charge in [0.1, 0.15) is 11.9 Å². The zero-order chi connectivity index (χ0) is 45.2. The molecule has 5 saturated carbocycles. The number of aromatic amines is 1. The van der Waals surface area contributed by atoms with E-state index in [4.69, 9.17) is 9.72 Å². The van der Waals surface area contributed by atoms with Crippen molar-refractivity contribution >= 4 is 34.7 Å². The van der Waals surface area contributed by atoms with Gasteiger partial charge in [0.15, 0.2) is 5.78 Å². The number of pyridine rings is 1. The summed E-state index contributed by atoms with van der Waals surface area (Å²) in [6.07, 6.45) is 10.6. The van der Waals surface area contributed by atoms with Crippen LogP contribution in [0.2, 0.25) is 0 Å². The Labute approximate surface area is 373 Å². The first-order chi connectivity index (χ1) is 29.6. The summed E-state index contributed by atoms with van der Waals surface area (Å²) >= 11 is 0. The number of Topliss-reactive ketones (excluding diaryl/α,β-unsaturated/α-hetero) is 1. The third kappa shape index (κ3) is 6.59. The lowest BCUT2D eigenvalue weighted by Crippen LogP contribution is -2.66. The van der Waals surface area contributed by atoms with Crippen LogP contribution in [0.15, 0.2) is 47.7 Å². The minimum atomic E-state index is -0.834. The van der Waals surface area contributed by atoms with Crippen LogP contribution in [0.3, 0.4) is 0 Å². The summed E-state index contributed by atoms with van der Waals surface area (Å²) < 4.78 is 6.44. The average molecular weight is 859 g/mol. The number of nitrogens with zero attached hydrogens (tertiary/aromatic N) is 2. The van der Waals surface area contributed by atoms with Gasteiger partial charge < -0.3 is 20.1 Å². The number of esters is 1. The molecular formula is C53H70N4O6. The number of nitrogens with one attached hydrogen (secondary N) is 2. The fourth-order valence-electron chi connectivity index (χ4n) is 15.6. The zero-order valence-corrected chi connectivity index (χ0v) is 39.4. The Kier molecular flexibility index (Phi) is 10.3. The van der Waals surface area contributed by atoms with Gasteiger partial charge in [0.25, 0.3) is 0 Å². The molecule has 2 aromatic heterocycles. The number of hydrogen-bond acceptors (Lipinski definition) is 7. The average Bonchev–Trinajstić information content (AvgIpc) is 3.76. The summed E-state index contributed by atoms with van der Waals surface area (Å²) in [6.45, 7) is 22.8. The molecule has 6 aliphatic carbocycles. The maximum atomic E-state index is 14.2. The molecule has 6 aliphatic rings. The molecule has 338 valence electrons. The minimum Gasteiger partial charge on any atom is -0.481 e. The molecule has 10 atom stereocenters. The van der Waals surface area contributed by atoms with Crippen molar-refractivity contribution in [3.63, 3.8) is 0 Å². The number of fused-ring (bicyclic) bond motifs is 8. The number of aryl methyl sites for hydroxylation is 1. The van der Waals surface area contributed by atoms with Crippen LogP contribution in [0, 0.1) is 74.9 Å². The maximum Gasteiger partial charge on any atom is 0.309 e. The van der Waals surface area contributed by atoms with Crippen LogP contribution < -0.4 is 5.32 Å². The van der Waals surface area contributed by atoms with Gasteiger partial charge in [-0.1, -0.05) is 74.0 Å². The molecular weight excluding hydrogens is 789 g/mol. The van der Waals surface area contributed by atoms with Crippen molar-refractivity contribution in [2.45, 2.75) is 153 Å². The van der Waals surface area contributed by atoms with E-state index < -0.39 is 22.7 Å². The molecule has 0 bridgehead atoms. The van der Waals surface area contributed by atoms with Crippen LogP contribution >= 0.6 is 0 Å². The van der Waals surface area contributed by atoms with E-state index in [1.165, 1.54) is 5.57 Å². The molecule has 1 amide bonds. The monoisotopic (exact) mass is 859 g/mol. The van der Waals surface area contributed by atoms with Crippen molar-refractivity contribution < 1.29 is 29.0 Å². The Balaban J connectivity index is 0.922. The summed E-state index contributed by atoms with van der Waals surface area (Å²) in [5, 5.41) is 13.0. The molecule has 5 fully saturated rings. The number of carboxylic acids is 1. The number of benzene rings is 1. The number of rotatable bonds is 9. The zero-order valence-electron chi connectivity index (χ0n) is 39.4. The van der Waals surface area contributed by atoms with Crippen molar-refractivity contribution in [2.75, 3.05) is 0 Å². The molecule has 3 aromatic rings. The summed E-state index contributed by atoms with van der Waals surface area (Å²) in [5.41, 5.74) is 5.73. The second kappa shape index (κ2) is 14.8. The van der Waals surface area contributed by atoms with Crippen LogP contribution in [-0.2, 0) is 30.5 Å². The third-order valence-corrected chi connectivity index (χ3v) is 19.3. The molecule has 10 heteroatoms. The Hall–Kier alpha value is -4.34. The van der Waals surface area contributed by atoms with E-state index >= 15 is 0 Å². The molecule has 3 N–H and O–H groups in total. The highest BCUT2D eigenvalue weighted by Crippen LogP contribution is 2.77. The second-order valence-corrected chi connectivity index (χ2v) is 23.3. The van der Waals surface area contributed by atoms with Crippen molar-refractivity contribution in [1.29, 1.82) is 0 Å². The first-order valence-corrected chi connectivity index (χ1v) is 24.0. The van der Waals surface area contributed by atoms with E-state index in [2.05, 4.69) is 69.8 Å². The predicted molar refractivity (Wildman–Crippen MR) is 243 cm³/mol. The Morgan fingerprint density at radius 3 is 2.33 bits per heavy atom. The number of carbonyl (C=O) groups excluding carboxylic acids is 3. The van der Waals surface area contributed by atoms with Gasteiger partial charge >= 0.3 is 11.9 Å². The number of amides is 1. The van der Waals surface area contributed by atoms with Crippen molar-refractivity contribution in [3.8, 4) is 11.4 Å². The van der Waals surface area contributed by atoms with Crippen LogP contribution in [0.4, 0.5) is 0 Å². The Bertz CT molecular complexity index is 2410. The smallest absolute Gasteiger partial charge is 0.309 e. The maximum absolute atomic E-state index is 14.2. The number of ketones is 1. The fourth-order valence-corrected chi connectivity index (χ4v) is 15.6. The van der Waals surface area contributed by atoms with Gasteiger partial charge in [-0.05, 0) is 145 Å². The van der Waals surface area contributed by atoms with Gasteiger partial charge in [0, 0.05) is 47.7 Å². The van der Waals surface area contributed by atoms with E-state index in [1.54, 1.807) is 0 Å². The minimum absolute atomic E-state index is 0.000203. The third-order valence-electron chi connectivity index (χ3n) is 19.3. The number of H-pyrrole nitrogens is 1. The summed E-state index contributed by atoms with van der Waals surface area (Å²) in [4.78, 5) is 66.5. The normalized spacial score (nSPS) is 36.5. The van der Waals surface area contributed by atoms with Crippen molar-refractivity contribution in [2.24, 2.45) is 68.0 Å². The Morgan fingerprint density at radius 2 is 1.65 bits per heavy atom. The number of aliphatic carboxylic acids is 1. The van der Waals surface area contributed by atoms with E-state index in [-0.39, 0.29) is 63.2 Å². The largest absolute Gasteiger partial charge is 0.481 e. The van der Waals surface area contributed by atoms with Gasteiger partial charge in [0.05, 0.1) is 22.9 Å². The van der Waals surface area contributed by atoms with Gasteiger partial charge in [-0.3, -0.25) is 24.2 Å². The summed E-state index contributed by atoms with van der Waals surface area (Å²) in [7, 11) is 0. The first kappa shape index (κ1) is 43.9. The highest BCUT2D eigenvalue weighted by Gasteiger charge is 2.70. The SMILES string of the molecule is Cc1ccc(-c2nc3ccc(CNC(=O)C[C@@]45CC[C@]6(C)[C@H](CC[C@@H]7[C@@]8(C)CC[C@H](OC(=O)[C@H]9C[C@@H](C(=O)O)C9(C)C)C(C)(C)[C@@H]8CC[C@]76C)C4=C(C(C)C)C(=O)C5)cc3[nH]2)cn1. The highest BCUT2D eigenvalue weighted by molar-refractivity contribution is 6.01. The number of hydrogen-bond donors (Lipinski definition) is 3. The first-order valence-electron chi connectivity index (χ1n) is 24.0. The van der Waals surface area contributed by atoms with Gasteiger partial charge in [-0.25, -0.2) is 4.98 Å². The topological polar surface area (TPSA) is 151 Å². The lowest BCUT2D eigenvalue weighted by molar-refractivity contribution is -0.236. The number of imidazole rings is 1. The fraction of sp³-hybridized carbons (Fsp3) is 0.660. The van der Waals surface area contributed by atoms with Crippen LogP contribution in [-0.4, -0.2) is 49.8 Å². The van der Waals surface area contributed by atoms with E-state index in [1.807, 2.05) is 51.2 Å². The molecule has 0 radical (unpaired) electrons. The summed E-state index contributed by atoms with van der Waals surface area (Å²) in [5.74, 6) is 0.235. The van der Waals surface area contributed by atoms with Crippen molar-refractivity contribution in [1.82, 2.24) is 20.3 Å². The molecule has 0 unspecified atom stereocenters. The quantitative estimate of drug-likeness (QED) is 0.180.